The first-order chi connectivity index (χ1) is 8.08. The number of nitrogens with one attached hydrogen (secondary N) is 1. The van der Waals surface area contributed by atoms with Gasteiger partial charge in [0.15, 0.2) is 11.5 Å². The van der Waals surface area contributed by atoms with Gasteiger partial charge in [-0.15, -0.1) is 0 Å². The Labute approximate surface area is 115 Å². The third kappa shape index (κ3) is 4.22. The smallest absolute Gasteiger partial charge is 0.179 e. The molecule has 0 bridgehead atoms. The van der Waals surface area contributed by atoms with E-state index in [2.05, 4.69) is 27.8 Å². The number of rotatable bonds is 6. The van der Waals surface area contributed by atoms with E-state index >= 15 is 0 Å². The highest BCUT2D eigenvalue weighted by Crippen LogP contribution is 2.35. The van der Waals surface area contributed by atoms with E-state index in [0.29, 0.717) is 29.6 Å². The molecule has 0 amide bonds. The summed E-state index contributed by atoms with van der Waals surface area (Å²) in [6, 6.07) is 3.75. The maximum atomic E-state index is 6.10. The van der Waals surface area contributed by atoms with E-state index in [0.717, 1.165) is 10.0 Å². The molecule has 0 unspecified atom stereocenters. The summed E-state index contributed by atoms with van der Waals surface area (Å²) in [7, 11) is 3.15. The van der Waals surface area contributed by atoms with E-state index < -0.39 is 0 Å². The summed E-state index contributed by atoms with van der Waals surface area (Å²) in [6.45, 7) is 5.13. The number of methoxy groups -OCH3 is 2. The number of hydrogen-bond acceptors (Lipinski definition) is 3. The predicted molar refractivity (Wildman–Crippen MR) is 74.3 cm³/mol. The van der Waals surface area contributed by atoms with Crippen molar-refractivity contribution in [2.45, 2.75) is 6.54 Å². The van der Waals surface area contributed by atoms with Crippen molar-refractivity contribution in [1.82, 2.24) is 5.32 Å². The Hall–Kier alpha value is -0.710. The SMILES string of the molecule is C=C(Br)CNCc1cc(Cl)c(OC)c(OC)c1. The van der Waals surface area contributed by atoms with E-state index in [1.54, 1.807) is 14.2 Å². The Morgan fingerprint density at radius 2 is 2.12 bits per heavy atom. The third-order valence-electron chi connectivity index (χ3n) is 2.14. The molecule has 0 aliphatic rings. The third-order valence-corrected chi connectivity index (χ3v) is 2.70. The van der Waals surface area contributed by atoms with Gasteiger partial charge in [0, 0.05) is 17.6 Å². The van der Waals surface area contributed by atoms with E-state index in [1.807, 2.05) is 12.1 Å². The normalized spacial score (nSPS) is 10.1. The molecule has 0 aliphatic heterocycles. The van der Waals surface area contributed by atoms with Crippen molar-refractivity contribution in [3.05, 3.63) is 33.8 Å². The lowest BCUT2D eigenvalue weighted by Crippen LogP contribution is -2.14. The number of hydrogen-bond donors (Lipinski definition) is 1. The highest BCUT2D eigenvalue weighted by atomic mass is 79.9. The van der Waals surface area contributed by atoms with Crippen LogP contribution in [0.5, 0.6) is 11.5 Å². The van der Waals surface area contributed by atoms with Gasteiger partial charge in [-0.2, -0.15) is 0 Å². The van der Waals surface area contributed by atoms with E-state index in [9.17, 15) is 0 Å². The average molecular weight is 321 g/mol. The molecule has 0 atom stereocenters. The maximum Gasteiger partial charge on any atom is 0.179 e. The first-order valence-corrected chi connectivity index (χ1v) is 6.20. The Morgan fingerprint density at radius 3 is 2.65 bits per heavy atom. The Balaban J connectivity index is 2.80. The van der Waals surface area contributed by atoms with Gasteiger partial charge < -0.3 is 14.8 Å². The first kappa shape index (κ1) is 14.4. The summed E-state index contributed by atoms with van der Waals surface area (Å²) in [5.41, 5.74) is 1.03. The van der Waals surface area contributed by atoms with Crippen LogP contribution in [-0.4, -0.2) is 20.8 Å². The second kappa shape index (κ2) is 6.89. The van der Waals surface area contributed by atoms with Crippen LogP contribution in [0.1, 0.15) is 5.56 Å². The molecule has 5 heteroatoms. The standard InChI is InChI=1S/C12H15BrClNO2/c1-8(13)6-15-7-9-4-10(14)12(17-3)11(5-9)16-2/h4-5,15H,1,6-7H2,2-3H3. The molecule has 0 fully saturated rings. The molecule has 1 rings (SSSR count). The van der Waals surface area contributed by atoms with Crippen molar-refractivity contribution >= 4 is 27.5 Å². The molecule has 1 aromatic rings. The molecule has 0 spiro atoms. The second-order valence-corrected chi connectivity index (χ2v) is 4.96. The quantitative estimate of drug-likeness (QED) is 0.872. The van der Waals surface area contributed by atoms with Gasteiger partial charge in [-0.25, -0.2) is 0 Å². The van der Waals surface area contributed by atoms with Gasteiger partial charge in [0.25, 0.3) is 0 Å². The van der Waals surface area contributed by atoms with Crippen LogP contribution in [0, 0.1) is 0 Å². The van der Waals surface area contributed by atoms with Gasteiger partial charge in [0.05, 0.1) is 19.2 Å². The zero-order valence-corrected chi connectivity index (χ0v) is 12.2. The average Bonchev–Trinajstić information content (AvgIpc) is 2.27. The fourth-order valence-electron chi connectivity index (χ4n) is 1.42. The van der Waals surface area contributed by atoms with Crippen LogP contribution in [0.25, 0.3) is 0 Å². The fourth-order valence-corrected chi connectivity index (χ4v) is 1.92. The first-order valence-electron chi connectivity index (χ1n) is 5.03. The molecular weight excluding hydrogens is 305 g/mol. The number of benzene rings is 1. The summed E-state index contributed by atoms with van der Waals surface area (Å²) in [5.74, 6) is 1.19. The topological polar surface area (TPSA) is 30.5 Å². The minimum absolute atomic E-state index is 0.543. The van der Waals surface area contributed by atoms with Gasteiger partial charge in [-0.3, -0.25) is 0 Å². The van der Waals surface area contributed by atoms with Crippen LogP contribution < -0.4 is 14.8 Å². The van der Waals surface area contributed by atoms with Crippen LogP contribution in [0.3, 0.4) is 0 Å². The Kier molecular flexibility index (Phi) is 5.82. The molecule has 0 aromatic heterocycles. The highest BCUT2D eigenvalue weighted by Gasteiger charge is 2.10. The van der Waals surface area contributed by atoms with Gasteiger partial charge in [-0.05, 0) is 17.7 Å². The molecule has 3 nitrogen and oxygen atoms in total. The van der Waals surface area contributed by atoms with Crippen LogP contribution in [0.15, 0.2) is 23.2 Å². The molecule has 17 heavy (non-hydrogen) atoms. The minimum Gasteiger partial charge on any atom is -0.493 e. The molecular formula is C12H15BrClNO2. The number of halogens is 2. The van der Waals surface area contributed by atoms with E-state index in [4.69, 9.17) is 21.1 Å². The van der Waals surface area contributed by atoms with Gasteiger partial charge in [-0.1, -0.05) is 34.1 Å². The number of ether oxygens (including phenoxy) is 2. The Morgan fingerprint density at radius 1 is 1.41 bits per heavy atom. The molecule has 0 aliphatic carbocycles. The van der Waals surface area contributed by atoms with Crippen molar-refractivity contribution in [2.24, 2.45) is 0 Å². The lowest BCUT2D eigenvalue weighted by molar-refractivity contribution is 0.354. The lowest BCUT2D eigenvalue weighted by atomic mass is 10.2. The highest BCUT2D eigenvalue weighted by molar-refractivity contribution is 9.11. The van der Waals surface area contributed by atoms with E-state index in [-0.39, 0.29) is 0 Å². The molecule has 1 N–H and O–H groups in total. The lowest BCUT2D eigenvalue weighted by Gasteiger charge is -2.12. The zero-order chi connectivity index (χ0) is 12.8. The van der Waals surface area contributed by atoms with Crippen LogP contribution >= 0.6 is 27.5 Å². The summed E-state index contributed by atoms with van der Waals surface area (Å²) in [5, 5.41) is 3.76. The second-order valence-electron chi connectivity index (χ2n) is 3.43. The molecule has 0 saturated heterocycles. The van der Waals surface area contributed by atoms with Gasteiger partial charge in [0.2, 0.25) is 0 Å². The maximum absolute atomic E-state index is 6.10. The fraction of sp³-hybridized carbons (Fsp3) is 0.333. The van der Waals surface area contributed by atoms with Gasteiger partial charge in [0.1, 0.15) is 0 Å². The van der Waals surface area contributed by atoms with Crippen LogP contribution in [0.4, 0.5) is 0 Å². The summed E-state index contributed by atoms with van der Waals surface area (Å²) < 4.78 is 11.3. The van der Waals surface area contributed by atoms with Crippen molar-refractivity contribution in [1.29, 1.82) is 0 Å². The van der Waals surface area contributed by atoms with Crippen molar-refractivity contribution in [2.75, 3.05) is 20.8 Å². The zero-order valence-electron chi connectivity index (χ0n) is 9.85. The Bertz CT molecular complexity index is 410. The monoisotopic (exact) mass is 319 g/mol. The molecule has 0 heterocycles. The molecule has 0 radical (unpaired) electrons. The van der Waals surface area contributed by atoms with Gasteiger partial charge >= 0.3 is 0 Å². The van der Waals surface area contributed by atoms with Crippen molar-refractivity contribution < 1.29 is 9.47 Å². The van der Waals surface area contributed by atoms with Crippen LogP contribution in [-0.2, 0) is 6.54 Å². The predicted octanol–water partition coefficient (Wildman–Crippen LogP) is 3.36. The molecule has 1 aromatic carbocycles. The van der Waals surface area contributed by atoms with E-state index in [1.165, 1.54) is 0 Å². The summed E-state index contributed by atoms with van der Waals surface area (Å²) >= 11 is 9.38. The summed E-state index contributed by atoms with van der Waals surface area (Å²) in [4.78, 5) is 0. The summed E-state index contributed by atoms with van der Waals surface area (Å²) in [6.07, 6.45) is 0. The molecule has 94 valence electrons. The van der Waals surface area contributed by atoms with Crippen LogP contribution in [0.2, 0.25) is 5.02 Å². The largest absolute Gasteiger partial charge is 0.493 e. The van der Waals surface area contributed by atoms with Crippen molar-refractivity contribution in [3.63, 3.8) is 0 Å². The minimum atomic E-state index is 0.543. The molecule has 0 saturated carbocycles. The van der Waals surface area contributed by atoms with Crippen molar-refractivity contribution in [3.8, 4) is 11.5 Å².